The van der Waals surface area contributed by atoms with Gasteiger partial charge in [0.2, 0.25) is 0 Å². The van der Waals surface area contributed by atoms with E-state index < -0.39 is 21.8 Å². The van der Waals surface area contributed by atoms with Crippen molar-refractivity contribution >= 4 is 30.8 Å². The quantitative estimate of drug-likeness (QED) is 0.764. The van der Waals surface area contributed by atoms with E-state index in [0.717, 1.165) is 4.35 Å². The first-order valence-electron chi connectivity index (χ1n) is 9.08. The van der Waals surface area contributed by atoms with E-state index in [-0.39, 0.29) is 15.9 Å². The van der Waals surface area contributed by atoms with Gasteiger partial charge in [-0.05, 0) is 0 Å². The first kappa shape index (κ1) is 19.6. The summed E-state index contributed by atoms with van der Waals surface area (Å²) >= 11 is -0.960. The van der Waals surface area contributed by atoms with Gasteiger partial charge < -0.3 is 0 Å². The van der Waals surface area contributed by atoms with Crippen LogP contribution in [0.5, 0.6) is 0 Å². The maximum atomic E-state index is 12.6. The average molecular weight is 428 g/mol. The van der Waals surface area contributed by atoms with Crippen LogP contribution in [0.25, 0.3) is 0 Å². The molecular weight excluding hydrogens is 403 g/mol. The first-order chi connectivity index (χ1) is 12.8. The van der Waals surface area contributed by atoms with E-state index in [9.17, 15) is 14.7 Å². The number of nitrogens with zero attached hydrogens (tertiary/aromatic N) is 2. The van der Waals surface area contributed by atoms with Crippen molar-refractivity contribution in [2.45, 2.75) is 33.1 Å². The van der Waals surface area contributed by atoms with Crippen LogP contribution in [-0.4, -0.2) is 54.5 Å². The summed E-state index contributed by atoms with van der Waals surface area (Å²) < 4.78 is 1.28. The summed E-state index contributed by atoms with van der Waals surface area (Å²) in [5.74, 6) is 0.135. The number of fused-ring (bicyclic) bond motifs is 1. The van der Waals surface area contributed by atoms with Gasteiger partial charge >= 0.3 is 166 Å². The molecule has 1 aliphatic heterocycles. The Morgan fingerprint density at radius 2 is 1.89 bits per heavy atom. The normalized spacial score (nSPS) is 17.6. The van der Waals surface area contributed by atoms with Crippen molar-refractivity contribution in [1.29, 1.82) is 0 Å². The molecule has 2 aromatic rings. The maximum absolute atomic E-state index is 12.6. The Hall–Kier alpha value is -2.13. The van der Waals surface area contributed by atoms with Gasteiger partial charge in [-0.3, -0.25) is 0 Å². The molecule has 1 aliphatic rings. The molecule has 1 aromatic heterocycles. The Bertz CT molecular complexity index is 846. The van der Waals surface area contributed by atoms with Gasteiger partial charge in [0.25, 0.3) is 0 Å². The molecule has 2 atom stereocenters. The van der Waals surface area contributed by atoms with Crippen molar-refractivity contribution < 1.29 is 14.7 Å². The molecule has 0 saturated heterocycles. The number of rotatable bonds is 3. The van der Waals surface area contributed by atoms with Gasteiger partial charge in [0, 0.05) is 0 Å². The third-order valence-electron chi connectivity index (χ3n) is 5.09. The molecule has 2 heterocycles. The minimum atomic E-state index is -0.960. The minimum absolute atomic E-state index is 0.0442. The first-order valence-corrected chi connectivity index (χ1v) is 11.2. The fourth-order valence-corrected chi connectivity index (χ4v) is 5.60. The summed E-state index contributed by atoms with van der Waals surface area (Å²) in [6, 6.07) is 9.84. The van der Waals surface area contributed by atoms with Crippen LogP contribution in [0.1, 0.15) is 48.2 Å². The number of carbonyl (C=O) groups excluding carboxylic acids is 1. The van der Waals surface area contributed by atoms with Crippen LogP contribution >= 0.6 is 0 Å². The number of benzene rings is 1. The predicted octanol–water partition coefficient (Wildman–Crippen LogP) is 2.65. The molecule has 0 spiro atoms. The fraction of sp³-hybridized carbons (Fsp3) is 0.381. The summed E-state index contributed by atoms with van der Waals surface area (Å²) in [5.41, 5.74) is 3.07. The monoisotopic (exact) mass is 428 g/mol. The van der Waals surface area contributed by atoms with Crippen LogP contribution in [0.4, 0.5) is 4.79 Å². The fourth-order valence-electron chi connectivity index (χ4n) is 3.53. The van der Waals surface area contributed by atoms with Crippen LogP contribution in [0, 0.1) is 5.41 Å². The van der Waals surface area contributed by atoms with Crippen molar-refractivity contribution in [3.05, 3.63) is 59.4 Å². The number of amides is 1. The second-order valence-corrected chi connectivity index (χ2v) is 10.7. The zero-order valence-electron chi connectivity index (χ0n) is 15.9. The van der Waals surface area contributed by atoms with E-state index in [1.807, 2.05) is 0 Å². The summed E-state index contributed by atoms with van der Waals surface area (Å²) in [6.07, 6.45) is 3.12. The van der Waals surface area contributed by atoms with Crippen LogP contribution in [-0.2, 0) is 6.42 Å². The van der Waals surface area contributed by atoms with Crippen molar-refractivity contribution in [2.24, 2.45) is 5.41 Å². The molecule has 1 aromatic carbocycles. The summed E-state index contributed by atoms with van der Waals surface area (Å²) in [4.78, 5) is 29.6. The Labute approximate surface area is 166 Å². The third kappa shape index (κ3) is 4.59. The van der Waals surface area contributed by atoms with Crippen molar-refractivity contribution in [1.82, 2.24) is 9.88 Å². The van der Waals surface area contributed by atoms with E-state index in [2.05, 4.69) is 44.0 Å². The number of hydrogen-bond donors (Lipinski definition) is 1. The Balaban J connectivity index is 1.89. The average Bonchev–Trinajstić information content (AvgIpc) is 2.82. The molecule has 2 unspecified atom stereocenters. The molecule has 0 bridgehead atoms. The molecule has 0 aliphatic carbocycles. The molecule has 0 radical (unpaired) electrons. The molecule has 0 fully saturated rings. The van der Waals surface area contributed by atoms with E-state index in [0.29, 0.717) is 25.1 Å². The van der Waals surface area contributed by atoms with Gasteiger partial charge in [-0.2, -0.15) is 0 Å². The van der Waals surface area contributed by atoms with E-state index in [1.54, 1.807) is 24.5 Å². The predicted molar refractivity (Wildman–Crippen MR) is 107 cm³/mol. The van der Waals surface area contributed by atoms with Crippen molar-refractivity contribution in [3.63, 3.8) is 0 Å². The molecule has 5 nitrogen and oxygen atoms in total. The summed E-state index contributed by atoms with van der Waals surface area (Å²) in [5, 5.41) is 9.51. The molecule has 142 valence electrons. The Morgan fingerprint density at radius 3 is 2.52 bits per heavy atom. The standard InChI is InChI=1S/C21H25AsN2O3/c1-21(2,3)18-13-24(20(26)27)11-8-15-12-16(4-5-17(15)18)22-19(25)14-6-9-23-10-7-14/h4-7,9-10,12,18,22H,8,11,13H2,1-3H3,(H,26,27). The molecule has 1 N–H and O–H groups in total. The molecule has 27 heavy (non-hydrogen) atoms. The zero-order valence-corrected chi connectivity index (χ0v) is 18.0. The van der Waals surface area contributed by atoms with Gasteiger partial charge in [-0.25, -0.2) is 0 Å². The van der Waals surface area contributed by atoms with Crippen molar-refractivity contribution in [3.8, 4) is 0 Å². The Morgan fingerprint density at radius 1 is 1.19 bits per heavy atom. The zero-order chi connectivity index (χ0) is 19.6. The van der Waals surface area contributed by atoms with Crippen LogP contribution in [0.2, 0.25) is 0 Å². The number of aromatic nitrogens is 1. The number of hydrogen-bond acceptors (Lipinski definition) is 3. The summed E-state index contributed by atoms with van der Waals surface area (Å²) in [7, 11) is 0. The van der Waals surface area contributed by atoms with E-state index >= 15 is 0 Å². The molecule has 6 heteroatoms. The van der Waals surface area contributed by atoms with E-state index in [4.69, 9.17) is 0 Å². The molecule has 3 rings (SSSR count). The number of carboxylic acid groups (broad SMARTS) is 1. The molecular formula is C21H25AsN2O3. The topological polar surface area (TPSA) is 70.5 Å². The van der Waals surface area contributed by atoms with Crippen LogP contribution < -0.4 is 4.35 Å². The van der Waals surface area contributed by atoms with Gasteiger partial charge in [-0.1, -0.05) is 0 Å². The molecule has 1 amide bonds. The molecule has 0 saturated carbocycles. The second-order valence-electron chi connectivity index (χ2n) is 8.00. The second kappa shape index (κ2) is 7.85. The summed E-state index contributed by atoms with van der Waals surface area (Å²) in [6.45, 7) is 7.47. The van der Waals surface area contributed by atoms with Crippen LogP contribution in [0.15, 0.2) is 42.7 Å². The van der Waals surface area contributed by atoms with Gasteiger partial charge in [0.1, 0.15) is 0 Å². The van der Waals surface area contributed by atoms with Crippen LogP contribution in [0.3, 0.4) is 0 Å². The van der Waals surface area contributed by atoms with Gasteiger partial charge in [-0.15, -0.1) is 0 Å². The van der Waals surface area contributed by atoms with Crippen molar-refractivity contribution in [2.75, 3.05) is 13.1 Å². The third-order valence-corrected chi connectivity index (χ3v) is 7.43. The van der Waals surface area contributed by atoms with E-state index in [1.165, 1.54) is 16.0 Å². The Kier molecular flexibility index (Phi) is 5.71. The van der Waals surface area contributed by atoms with Gasteiger partial charge in [0.05, 0.1) is 0 Å². The number of pyridine rings is 1. The SMILES string of the molecule is CC(C)(C)C1CN(C(=O)O)CCc2cc([AsH]C(=O)c3ccncc3)ccc21. The van der Waals surface area contributed by atoms with Gasteiger partial charge in [0.15, 0.2) is 0 Å². The number of carbonyl (C=O) groups is 2.